The molecule has 19 heavy (non-hydrogen) atoms. The number of aromatic nitrogens is 1. The van der Waals surface area contributed by atoms with E-state index in [1.807, 2.05) is 13.8 Å². The molecule has 1 aromatic heterocycles. The molecule has 1 aromatic carbocycles. The molecule has 0 fully saturated rings. The summed E-state index contributed by atoms with van der Waals surface area (Å²) in [6.07, 6.45) is 0.745. The van der Waals surface area contributed by atoms with Gasteiger partial charge in [-0.3, -0.25) is 0 Å². The first-order valence-corrected chi connectivity index (χ1v) is 6.61. The van der Waals surface area contributed by atoms with Gasteiger partial charge in [0.05, 0.1) is 11.7 Å². The van der Waals surface area contributed by atoms with Gasteiger partial charge < -0.3 is 5.73 Å². The van der Waals surface area contributed by atoms with Crippen molar-refractivity contribution in [2.75, 3.05) is 0 Å². The fourth-order valence-electron chi connectivity index (χ4n) is 1.82. The number of hydrogen-bond acceptors (Lipinski definition) is 3. The average molecular weight is 286 g/mol. The molecule has 0 radical (unpaired) electrons. The number of rotatable bonds is 3. The Hall–Kier alpha value is -1.40. The number of thiazole rings is 1. The molecule has 6 heteroatoms. The van der Waals surface area contributed by atoms with E-state index in [0.717, 1.165) is 23.1 Å². The van der Waals surface area contributed by atoms with Crippen molar-refractivity contribution in [1.29, 1.82) is 0 Å². The van der Waals surface area contributed by atoms with Crippen molar-refractivity contribution >= 4 is 11.3 Å². The number of aryl methyl sites for hydroxylation is 2. The number of hydrogen-bond donors (Lipinski definition) is 1. The molecule has 0 aliphatic carbocycles. The Morgan fingerprint density at radius 2 is 1.84 bits per heavy atom. The lowest BCUT2D eigenvalue weighted by atomic mass is 10.1. The van der Waals surface area contributed by atoms with Crippen LogP contribution in [-0.4, -0.2) is 4.98 Å². The van der Waals surface area contributed by atoms with Crippen molar-refractivity contribution in [2.24, 2.45) is 5.73 Å². The van der Waals surface area contributed by atoms with Crippen LogP contribution in [0.5, 0.6) is 0 Å². The van der Waals surface area contributed by atoms with Crippen LogP contribution in [0.1, 0.15) is 34.1 Å². The van der Waals surface area contributed by atoms with E-state index in [2.05, 4.69) is 4.98 Å². The molecule has 2 nitrogen and oxygen atoms in total. The molecule has 1 unspecified atom stereocenters. The van der Waals surface area contributed by atoms with Gasteiger partial charge in [-0.15, -0.1) is 11.3 Å². The summed E-state index contributed by atoms with van der Waals surface area (Å²) in [5.41, 5.74) is 6.69. The number of nitrogens with two attached hydrogens (primary N) is 1. The Kier molecular flexibility index (Phi) is 3.91. The zero-order valence-corrected chi connectivity index (χ0v) is 11.3. The maximum atomic E-state index is 13.6. The van der Waals surface area contributed by atoms with E-state index < -0.39 is 23.5 Å². The van der Waals surface area contributed by atoms with Crippen molar-refractivity contribution in [2.45, 2.75) is 26.3 Å². The third kappa shape index (κ3) is 2.64. The van der Waals surface area contributed by atoms with Crippen molar-refractivity contribution in [3.8, 4) is 0 Å². The third-order valence-corrected chi connectivity index (χ3v) is 3.98. The van der Waals surface area contributed by atoms with Crippen LogP contribution in [0.3, 0.4) is 0 Å². The highest BCUT2D eigenvalue weighted by molar-refractivity contribution is 7.11. The number of nitrogens with zero attached hydrogens (tertiary/aromatic N) is 1. The van der Waals surface area contributed by atoms with Gasteiger partial charge in [-0.2, -0.15) is 0 Å². The highest BCUT2D eigenvalue weighted by Gasteiger charge is 2.20. The highest BCUT2D eigenvalue weighted by Crippen LogP contribution is 2.29. The number of halogens is 3. The first-order chi connectivity index (χ1) is 8.93. The Morgan fingerprint density at radius 1 is 1.21 bits per heavy atom. The third-order valence-electron chi connectivity index (χ3n) is 2.88. The summed E-state index contributed by atoms with van der Waals surface area (Å²) < 4.78 is 39.7. The number of benzene rings is 1. The first kappa shape index (κ1) is 14.0. The standard InChI is InChI=1S/C13H13F3N2S/c1-3-11-6(2)19-13(18-11)12(17)7-4-9(15)10(16)5-8(7)14/h4-5,12H,3,17H2,1-2H3. The fourth-order valence-corrected chi connectivity index (χ4v) is 2.85. The second-order valence-corrected chi connectivity index (χ2v) is 5.41. The normalized spacial score (nSPS) is 12.7. The van der Waals surface area contributed by atoms with E-state index >= 15 is 0 Å². The van der Waals surface area contributed by atoms with Crippen molar-refractivity contribution in [3.05, 3.63) is 50.7 Å². The van der Waals surface area contributed by atoms with Gasteiger partial charge in [0.25, 0.3) is 0 Å². The second-order valence-electron chi connectivity index (χ2n) is 4.17. The minimum Gasteiger partial charge on any atom is -0.318 e. The van der Waals surface area contributed by atoms with Gasteiger partial charge in [-0.25, -0.2) is 18.2 Å². The zero-order chi connectivity index (χ0) is 14.2. The quantitative estimate of drug-likeness (QED) is 0.877. The molecule has 0 saturated carbocycles. The van der Waals surface area contributed by atoms with E-state index in [9.17, 15) is 13.2 Å². The summed E-state index contributed by atoms with van der Waals surface area (Å²) >= 11 is 1.34. The highest BCUT2D eigenvalue weighted by atomic mass is 32.1. The van der Waals surface area contributed by atoms with Crippen LogP contribution in [0.4, 0.5) is 13.2 Å². The molecule has 0 amide bonds. The van der Waals surface area contributed by atoms with Crippen LogP contribution in [0.25, 0.3) is 0 Å². The van der Waals surface area contributed by atoms with Gasteiger partial charge in [0, 0.05) is 16.5 Å². The van der Waals surface area contributed by atoms with E-state index in [-0.39, 0.29) is 5.56 Å². The molecule has 0 saturated heterocycles. The lowest BCUT2D eigenvalue weighted by Crippen LogP contribution is -2.14. The molecule has 0 spiro atoms. The molecule has 102 valence electrons. The topological polar surface area (TPSA) is 38.9 Å². The van der Waals surface area contributed by atoms with E-state index in [0.29, 0.717) is 11.1 Å². The maximum absolute atomic E-state index is 13.6. The predicted molar refractivity (Wildman–Crippen MR) is 68.6 cm³/mol. The maximum Gasteiger partial charge on any atom is 0.161 e. The summed E-state index contributed by atoms with van der Waals surface area (Å²) in [6, 6.07) is 0.405. The largest absolute Gasteiger partial charge is 0.318 e. The molecule has 2 rings (SSSR count). The molecular weight excluding hydrogens is 273 g/mol. The SMILES string of the molecule is CCc1nc(C(N)c2cc(F)c(F)cc2F)sc1C. The van der Waals surface area contributed by atoms with Crippen molar-refractivity contribution in [3.63, 3.8) is 0 Å². The lowest BCUT2D eigenvalue weighted by molar-refractivity contribution is 0.487. The van der Waals surface area contributed by atoms with Gasteiger partial charge in [0.1, 0.15) is 10.8 Å². The molecule has 2 aromatic rings. The summed E-state index contributed by atoms with van der Waals surface area (Å²) in [4.78, 5) is 5.30. The minimum atomic E-state index is -1.22. The van der Waals surface area contributed by atoms with Crippen LogP contribution in [0.2, 0.25) is 0 Å². The van der Waals surface area contributed by atoms with Crippen molar-refractivity contribution < 1.29 is 13.2 Å². The van der Waals surface area contributed by atoms with Crippen LogP contribution in [0, 0.1) is 24.4 Å². The van der Waals surface area contributed by atoms with Gasteiger partial charge in [-0.1, -0.05) is 6.92 Å². The van der Waals surface area contributed by atoms with E-state index in [4.69, 9.17) is 5.73 Å². The smallest absolute Gasteiger partial charge is 0.161 e. The summed E-state index contributed by atoms with van der Waals surface area (Å²) in [5, 5.41) is 0.499. The zero-order valence-electron chi connectivity index (χ0n) is 10.5. The molecule has 2 N–H and O–H groups in total. The lowest BCUT2D eigenvalue weighted by Gasteiger charge is -2.10. The average Bonchev–Trinajstić information content (AvgIpc) is 2.74. The van der Waals surface area contributed by atoms with Gasteiger partial charge in [0.2, 0.25) is 0 Å². The predicted octanol–water partition coefficient (Wildman–Crippen LogP) is 3.48. The molecule has 1 heterocycles. The van der Waals surface area contributed by atoms with Gasteiger partial charge in [0.15, 0.2) is 11.6 Å². The van der Waals surface area contributed by atoms with Crippen LogP contribution < -0.4 is 5.73 Å². The molecule has 1 atom stereocenters. The summed E-state index contributed by atoms with van der Waals surface area (Å²) in [6.45, 7) is 3.85. The van der Waals surface area contributed by atoms with Crippen LogP contribution in [0.15, 0.2) is 12.1 Å². The Bertz CT molecular complexity index is 610. The first-order valence-electron chi connectivity index (χ1n) is 5.80. The van der Waals surface area contributed by atoms with E-state index in [1.54, 1.807) is 0 Å². The monoisotopic (exact) mass is 286 g/mol. The minimum absolute atomic E-state index is 0.0877. The fraction of sp³-hybridized carbons (Fsp3) is 0.308. The Morgan fingerprint density at radius 3 is 2.42 bits per heavy atom. The van der Waals surface area contributed by atoms with E-state index in [1.165, 1.54) is 11.3 Å². The summed E-state index contributed by atoms with van der Waals surface area (Å²) in [7, 11) is 0. The van der Waals surface area contributed by atoms with Gasteiger partial charge >= 0.3 is 0 Å². The van der Waals surface area contributed by atoms with Gasteiger partial charge in [-0.05, 0) is 19.4 Å². The van der Waals surface area contributed by atoms with Crippen molar-refractivity contribution in [1.82, 2.24) is 4.98 Å². The molecular formula is C13H13F3N2S. The second kappa shape index (κ2) is 5.30. The van der Waals surface area contributed by atoms with Crippen LogP contribution >= 0.6 is 11.3 Å². The van der Waals surface area contributed by atoms with Crippen LogP contribution in [-0.2, 0) is 6.42 Å². The Labute approximate surface area is 113 Å². The summed E-state index contributed by atoms with van der Waals surface area (Å²) in [5.74, 6) is -3.20. The molecule has 0 aliphatic heterocycles. The molecule has 0 aliphatic rings. The Balaban J connectivity index is 2.43. The molecule has 0 bridgehead atoms.